The number of hydrogen-bond donors (Lipinski definition) is 1. The third-order valence-electron chi connectivity index (χ3n) is 2.56. The highest BCUT2D eigenvalue weighted by atomic mass is 19.2. The molecule has 0 atom stereocenters. The molecule has 2 rings (SSSR count). The summed E-state index contributed by atoms with van der Waals surface area (Å²) in [5, 5.41) is 7.22. The summed E-state index contributed by atoms with van der Waals surface area (Å²) in [5.74, 6) is -3.19. The van der Waals surface area contributed by atoms with Crippen LogP contribution in [0.3, 0.4) is 0 Å². The Labute approximate surface area is 109 Å². The highest BCUT2D eigenvalue weighted by Gasteiger charge is 2.13. The van der Waals surface area contributed by atoms with E-state index >= 15 is 0 Å². The van der Waals surface area contributed by atoms with Gasteiger partial charge < -0.3 is 5.32 Å². The van der Waals surface area contributed by atoms with Crippen molar-refractivity contribution in [1.29, 1.82) is 0 Å². The smallest absolute Gasteiger partial charge is 0.184 e. The highest BCUT2D eigenvalue weighted by molar-refractivity contribution is 5.34. The molecule has 0 aliphatic heterocycles. The lowest BCUT2D eigenvalue weighted by atomic mass is 10.3. The summed E-state index contributed by atoms with van der Waals surface area (Å²) in [5.41, 5.74) is 0.422. The van der Waals surface area contributed by atoms with E-state index in [2.05, 4.69) is 10.4 Å². The number of aromatic nitrogens is 2. The molecule has 0 saturated heterocycles. The first-order chi connectivity index (χ1) is 8.97. The van der Waals surface area contributed by atoms with Gasteiger partial charge in [-0.2, -0.15) is 5.10 Å². The lowest BCUT2D eigenvalue weighted by molar-refractivity contribution is 0.487. The molecule has 1 N–H and O–H groups in total. The van der Waals surface area contributed by atoms with Crippen LogP contribution in [0.4, 0.5) is 13.2 Å². The van der Waals surface area contributed by atoms with Gasteiger partial charge in [-0.3, -0.25) is 0 Å². The van der Waals surface area contributed by atoms with Gasteiger partial charge in [0.05, 0.1) is 5.69 Å². The van der Waals surface area contributed by atoms with Gasteiger partial charge in [-0.05, 0) is 6.07 Å². The molecule has 19 heavy (non-hydrogen) atoms. The van der Waals surface area contributed by atoms with Crippen molar-refractivity contribution in [3.8, 4) is 5.69 Å². The quantitative estimate of drug-likeness (QED) is 0.865. The fourth-order valence-corrected chi connectivity index (χ4v) is 1.61. The number of hydrogen-bond acceptors (Lipinski definition) is 2. The van der Waals surface area contributed by atoms with Gasteiger partial charge in [0.15, 0.2) is 11.6 Å². The molecule has 2 aromatic rings. The van der Waals surface area contributed by atoms with Gasteiger partial charge in [0.25, 0.3) is 0 Å². The molecule has 0 spiro atoms. The van der Waals surface area contributed by atoms with Gasteiger partial charge in [-0.15, -0.1) is 0 Å². The van der Waals surface area contributed by atoms with E-state index in [1.165, 1.54) is 6.20 Å². The third-order valence-corrected chi connectivity index (χ3v) is 2.56. The Morgan fingerprint density at radius 2 is 2.00 bits per heavy atom. The second kappa shape index (κ2) is 5.44. The summed E-state index contributed by atoms with van der Waals surface area (Å²) >= 11 is 0. The molecule has 0 amide bonds. The SMILES string of the molecule is CC(C)NCc1ccn(-c2cc(F)cc(F)c2F)n1. The maximum absolute atomic E-state index is 13.6. The fourth-order valence-electron chi connectivity index (χ4n) is 1.61. The van der Waals surface area contributed by atoms with E-state index in [-0.39, 0.29) is 11.7 Å². The molecular formula is C13H14F3N3. The summed E-state index contributed by atoms with van der Waals surface area (Å²) in [6, 6.07) is 3.36. The number of benzene rings is 1. The minimum Gasteiger partial charge on any atom is -0.309 e. The van der Waals surface area contributed by atoms with Crippen molar-refractivity contribution in [3.05, 3.63) is 47.5 Å². The number of halogens is 3. The van der Waals surface area contributed by atoms with Crippen LogP contribution in [0.1, 0.15) is 19.5 Å². The number of rotatable bonds is 4. The Bertz CT molecular complexity index is 579. The van der Waals surface area contributed by atoms with E-state index in [0.29, 0.717) is 18.3 Å². The molecule has 0 aliphatic rings. The minimum absolute atomic E-state index is 0.242. The normalized spacial score (nSPS) is 11.3. The molecule has 0 aliphatic carbocycles. The Morgan fingerprint density at radius 1 is 1.26 bits per heavy atom. The third kappa shape index (κ3) is 3.14. The summed E-state index contributed by atoms with van der Waals surface area (Å²) in [4.78, 5) is 0. The molecule has 0 bridgehead atoms. The van der Waals surface area contributed by atoms with Crippen LogP contribution in [-0.2, 0) is 6.54 Å². The van der Waals surface area contributed by atoms with Crippen molar-refractivity contribution in [2.24, 2.45) is 0 Å². The monoisotopic (exact) mass is 269 g/mol. The van der Waals surface area contributed by atoms with E-state index in [0.717, 1.165) is 10.7 Å². The van der Waals surface area contributed by atoms with Crippen molar-refractivity contribution >= 4 is 0 Å². The Morgan fingerprint density at radius 3 is 2.68 bits per heavy atom. The maximum Gasteiger partial charge on any atom is 0.184 e. The molecule has 0 unspecified atom stereocenters. The lowest BCUT2D eigenvalue weighted by Crippen LogP contribution is -2.22. The molecule has 1 heterocycles. The number of nitrogens with one attached hydrogen (secondary N) is 1. The van der Waals surface area contributed by atoms with E-state index < -0.39 is 17.5 Å². The summed E-state index contributed by atoms with van der Waals surface area (Å²) in [7, 11) is 0. The maximum atomic E-state index is 13.6. The van der Waals surface area contributed by atoms with Gasteiger partial charge in [-0.1, -0.05) is 13.8 Å². The first kappa shape index (κ1) is 13.6. The standard InChI is InChI=1S/C13H14F3N3/c1-8(2)17-7-10-3-4-19(18-10)12-6-9(14)5-11(15)13(12)16/h3-6,8,17H,7H2,1-2H3. The van der Waals surface area contributed by atoms with Gasteiger partial charge in [0, 0.05) is 30.9 Å². The average molecular weight is 269 g/mol. The van der Waals surface area contributed by atoms with Crippen molar-refractivity contribution < 1.29 is 13.2 Å². The average Bonchev–Trinajstić information content (AvgIpc) is 2.79. The minimum atomic E-state index is -1.23. The van der Waals surface area contributed by atoms with Gasteiger partial charge in [0.2, 0.25) is 0 Å². The predicted molar refractivity (Wildman–Crippen MR) is 65.4 cm³/mol. The van der Waals surface area contributed by atoms with Crippen LogP contribution in [0.5, 0.6) is 0 Å². The van der Waals surface area contributed by atoms with Crippen LogP contribution in [0.15, 0.2) is 24.4 Å². The second-order valence-electron chi connectivity index (χ2n) is 4.51. The zero-order valence-corrected chi connectivity index (χ0v) is 10.6. The lowest BCUT2D eigenvalue weighted by Gasteiger charge is -2.06. The van der Waals surface area contributed by atoms with Crippen LogP contribution in [0.2, 0.25) is 0 Å². The van der Waals surface area contributed by atoms with Crippen LogP contribution < -0.4 is 5.32 Å². The topological polar surface area (TPSA) is 29.9 Å². The van der Waals surface area contributed by atoms with E-state index in [1.807, 2.05) is 13.8 Å². The van der Waals surface area contributed by atoms with Crippen LogP contribution >= 0.6 is 0 Å². The van der Waals surface area contributed by atoms with Crippen molar-refractivity contribution in [2.75, 3.05) is 0 Å². The van der Waals surface area contributed by atoms with Crippen LogP contribution in [0, 0.1) is 17.5 Å². The zero-order valence-electron chi connectivity index (χ0n) is 10.6. The summed E-state index contributed by atoms with van der Waals surface area (Å²) in [6.07, 6.45) is 1.47. The van der Waals surface area contributed by atoms with Gasteiger partial charge >= 0.3 is 0 Å². The van der Waals surface area contributed by atoms with Crippen molar-refractivity contribution in [2.45, 2.75) is 26.4 Å². The summed E-state index contributed by atoms with van der Waals surface area (Å²) < 4.78 is 40.9. The molecular weight excluding hydrogens is 255 g/mol. The first-order valence-electron chi connectivity index (χ1n) is 5.90. The second-order valence-corrected chi connectivity index (χ2v) is 4.51. The Kier molecular flexibility index (Phi) is 3.90. The van der Waals surface area contributed by atoms with E-state index in [4.69, 9.17) is 0 Å². The number of nitrogens with zero attached hydrogens (tertiary/aromatic N) is 2. The largest absolute Gasteiger partial charge is 0.309 e. The molecule has 3 nitrogen and oxygen atoms in total. The van der Waals surface area contributed by atoms with Crippen molar-refractivity contribution in [3.63, 3.8) is 0 Å². The van der Waals surface area contributed by atoms with E-state index in [1.54, 1.807) is 6.07 Å². The Balaban J connectivity index is 2.28. The van der Waals surface area contributed by atoms with Crippen LogP contribution in [0.25, 0.3) is 5.69 Å². The molecule has 0 radical (unpaired) electrons. The zero-order chi connectivity index (χ0) is 14.0. The molecule has 0 saturated carbocycles. The van der Waals surface area contributed by atoms with Gasteiger partial charge in [0.1, 0.15) is 11.5 Å². The molecule has 102 valence electrons. The van der Waals surface area contributed by atoms with E-state index in [9.17, 15) is 13.2 Å². The molecule has 0 fully saturated rings. The highest BCUT2D eigenvalue weighted by Crippen LogP contribution is 2.18. The van der Waals surface area contributed by atoms with Gasteiger partial charge in [-0.25, -0.2) is 17.9 Å². The summed E-state index contributed by atoms with van der Waals surface area (Å²) in [6.45, 7) is 4.47. The van der Waals surface area contributed by atoms with Crippen LogP contribution in [-0.4, -0.2) is 15.8 Å². The molecule has 1 aromatic carbocycles. The molecule has 1 aromatic heterocycles. The molecule has 6 heteroatoms. The fraction of sp³-hybridized carbons (Fsp3) is 0.308. The van der Waals surface area contributed by atoms with Crippen molar-refractivity contribution in [1.82, 2.24) is 15.1 Å². The Hall–Kier alpha value is -1.82. The predicted octanol–water partition coefficient (Wildman–Crippen LogP) is 2.79. The first-order valence-corrected chi connectivity index (χ1v) is 5.90.